The molecule has 1 amide bonds. The summed E-state index contributed by atoms with van der Waals surface area (Å²) in [7, 11) is 0. The lowest BCUT2D eigenvalue weighted by Crippen LogP contribution is -2.28. The standard InChI is InChI=1S/C19H19N3O2/c1-12-13(2)21-17-10-14(5-6-16(17)20-12)19(23)22-8-7-15(11-22)18-4-3-9-24-18/h3-6,9-10,15H,7-8,11H2,1-2H3. The van der Waals surface area contributed by atoms with Gasteiger partial charge in [0, 0.05) is 24.6 Å². The first-order chi connectivity index (χ1) is 11.6. The number of hydrogen-bond acceptors (Lipinski definition) is 4. The fourth-order valence-corrected chi connectivity index (χ4v) is 3.25. The summed E-state index contributed by atoms with van der Waals surface area (Å²) in [6, 6.07) is 9.44. The Morgan fingerprint density at radius 3 is 2.71 bits per heavy atom. The fraction of sp³-hybridized carbons (Fsp3) is 0.316. The lowest BCUT2D eigenvalue weighted by molar-refractivity contribution is 0.0790. The van der Waals surface area contributed by atoms with E-state index in [0.29, 0.717) is 12.1 Å². The second-order valence-electron chi connectivity index (χ2n) is 6.35. The first kappa shape index (κ1) is 14.9. The van der Waals surface area contributed by atoms with Crippen molar-refractivity contribution in [2.45, 2.75) is 26.2 Å². The third-order valence-corrected chi connectivity index (χ3v) is 4.74. The monoisotopic (exact) mass is 321 g/mol. The molecule has 1 aliphatic rings. The van der Waals surface area contributed by atoms with Gasteiger partial charge in [-0.15, -0.1) is 0 Å². The molecule has 5 heteroatoms. The maximum atomic E-state index is 12.8. The molecule has 122 valence electrons. The summed E-state index contributed by atoms with van der Waals surface area (Å²) in [5.74, 6) is 1.29. The van der Waals surface area contributed by atoms with E-state index >= 15 is 0 Å². The van der Waals surface area contributed by atoms with Gasteiger partial charge in [0.15, 0.2) is 0 Å². The molecule has 1 fully saturated rings. The van der Waals surface area contributed by atoms with E-state index in [1.165, 1.54) is 0 Å². The molecule has 1 aromatic carbocycles. The first-order valence-corrected chi connectivity index (χ1v) is 8.19. The molecule has 1 saturated heterocycles. The van der Waals surface area contributed by atoms with Crippen LogP contribution in [0.25, 0.3) is 11.0 Å². The molecular weight excluding hydrogens is 302 g/mol. The van der Waals surface area contributed by atoms with E-state index in [9.17, 15) is 4.79 Å². The Morgan fingerprint density at radius 2 is 1.96 bits per heavy atom. The zero-order valence-electron chi connectivity index (χ0n) is 13.8. The maximum Gasteiger partial charge on any atom is 0.253 e. The number of rotatable bonds is 2. The summed E-state index contributed by atoms with van der Waals surface area (Å²) in [4.78, 5) is 23.8. The zero-order chi connectivity index (χ0) is 16.7. The van der Waals surface area contributed by atoms with Gasteiger partial charge in [-0.2, -0.15) is 0 Å². The SMILES string of the molecule is Cc1nc2ccc(C(=O)N3CCC(c4ccco4)C3)cc2nc1C. The van der Waals surface area contributed by atoms with Crippen molar-refractivity contribution in [3.8, 4) is 0 Å². The largest absolute Gasteiger partial charge is 0.469 e. The Bertz CT molecular complexity index is 902. The predicted octanol–water partition coefficient (Wildman–Crippen LogP) is 3.47. The van der Waals surface area contributed by atoms with Crippen molar-refractivity contribution in [3.63, 3.8) is 0 Å². The fourth-order valence-electron chi connectivity index (χ4n) is 3.25. The van der Waals surface area contributed by atoms with Crippen LogP contribution in [0.15, 0.2) is 41.0 Å². The summed E-state index contributed by atoms with van der Waals surface area (Å²) in [6.07, 6.45) is 2.62. The normalized spacial score (nSPS) is 17.6. The molecule has 0 bridgehead atoms. The van der Waals surface area contributed by atoms with E-state index in [-0.39, 0.29) is 11.8 Å². The second kappa shape index (κ2) is 5.74. The third-order valence-electron chi connectivity index (χ3n) is 4.74. The van der Waals surface area contributed by atoms with Gasteiger partial charge in [-0.05, 0) is 50.6 Å². The number of nitrogens with zero attached hydrogens (tertiary/aromatic N) is 3. The minimum absolute atomic E-state index is 0.0472. The van der Waals surface area contributed by atoms with E-state index in [2.05, 4.69) is 9.97 Å². The molecule has 3 aromatic rings. The van der Waals surface area contributed by atoms with Gasteiger partial charge < -0.3 is 9.32 Å². The quantitative estimate of drug-likeness (QED) is 0.725. The highest BCUT2D eigenvalue weighted by atomic mass is 16.3. The minimum Gasteiger partial charge on any atom is -0.469 e. The van der Waals surface area contributed by atoms with Crippen LogP contribution in [-0.4, -0.2) is 33.9 Å². The van der Waals surface area contributed by atoms with Crippen molar-refractivity contribution < 1.29 is 9.21 Å². The number of likely N-dealkylation sites (tertiary alicyclic amines) is 1. The first-order valence-electron chi connectivity index (χ1n) is 8.19. The van der Waals surface area contributed by atoms with E-state index in [4.69, 9.17) is 4.42 Å². The van der Waals surface area contributed by atoms with Crippen LogP contribution in [-0.2, 0) is 0 Å². The molecule has 24 heavy (non-hydrogen) atoms. The van der Waals surface area contributed by atoms with Gasteiger partial charge in [0.2, 0.25) is 0 Å². The number of benzene rings is 1. The number of hydrogen-bond donors (Lipinski definition) is 0. The maximum absolute atomic E-state index is 12.8. The molecular formula is C19H19N3O2. The molecule has 1 unspecified atom stereocenters. The molecule has 0 N–H and O–H groups in total. The molecule has 0 aliphatic carbocycles. The van der Waals surface area contributed by atoms with Gasteiger partial charge in [-0.3, -0.25) is 4.79 Å². The molecule has 2 aromatic heterocycles. The van der Waals surface area contributed by atoms with E-state index in [1.807, 2.05) is 49.1 Å². The van der Waals surface area contributed by atoms with Crippen LogP contribution in [0, 0.1) is 13.8 Å². The molecule has 0 radical (unpaired) electrons. The van der Waals surface area contributed by atoms with E-state index in [0.717, 1.165) is 41.1 Å². The number of carbonyl (C=O) groups is 1. The summed E-state index contributed by atoms with van der Waals surface area (Å²) < 4.78 is 5.48. The molecule has 3 heterocycles. The van der Waals surface area contributed by atoms with Gasteiger partial charge in [-0.1, -0.05) is 0 Å². The number of amides is 1. The van der Waals surface area contributed by atoms with Crippen LogP contribution < -0.4 is 0 Å². The van der Waals surface area contributed by atoms with E-state index < -0.39 is 0 Å². The summed E-state index contributed by atoms with van der Waals surface area (Å²) in [6.45, 7) is 5.33. The van der Waals surface area contributed by atoms with Crippen molar-refractivity contribution in [2.24, 2.45) is 0 Å². The topological polar surface area (TPSA) is 59.2 Å². The number of aromatic nitrogens is 2. The second-order valence-corrected chi connectivity index (χ2v) is 6.35. The van der Waals surface area contributed by atoms with E-state index in [1.54, 1.807) is 6.26 Å². The van der Waals surface area contributed by atoms with Crippen LogP contribution in [0.5, 0.6) is 0 Å². The van der Waals surface area contributed by atoms with Crippen LogP contribution in [0.1, 0.15) is 39.8 Å². The molecule has 0 saturated carbocycles. The van der Waals surface area contributed by atoms with Gasteiger partial charge in [-0.25, -0.2) is 9.97 Å². The lowest BCUT2D eigenvalue weighted by Gasteiger charge is -2.16. The van der Waals surface area contributed by atoms with Crippen LogP contribution in [0.3, 0.4) is 0 Å². The average Bonchev–Trinajstić information content (AvgIpc) is 3.26. The lowest BCUT2D eigenvalue weighted by atomic mass is 10.1. The highest BCUT2D eigenvalue weighted by Gasteiger charge is 2.29. The van der Waals surface area contributed by atoms with Gasteiger partial charge in [0.1, 0.15) is 5.76 Å². The minimum atomic E-state index is 0.0472. The number of fused-ring (bicyclic) bond motifs is 1. The van der Waals surface area contributed by atoms with Crippen LogP contribution in [0.4, 0.5) is 0 Å². The zero-order valence-corrected chi connectivity index (χ0v) is 13.8. The summed E-state index contributed by atoms with van der Waals surface area (Å²) >= 11 is 0. The van der Waals surface area contributed by atoms with Crippen molar-refractivity contribution in [1.82, 2.24) is 14.9 Å². The van der Waals surface area contributed by atoms with Gasteiger partial charge in [0.25, 0.3) is 5.91 Å². The number of furan rings is 1. The Kier molecular flexibility index (Phi) is 3.56. The molecule has 5 nitrogen and oxygen atoms in total. The molecule has 4 rings (SSSR count). The molecule has 0 spiro atoms. The molecule has 1 aliphatic heterocycles. The highest BCUT2D eigenvalue weighted by molar-refractivity contribution is 5.97. The van der Waals surface area contributed by atoms with Gasteiger partial charge in [0.05, 0.1) is 28.7 Å². The average molecular weight is 321 g/mol. The highest BCUT2D eigenvalue weighted by Crippen LogP contribution is 2.28. The Hall–Kier alpha value is -2.69. The third kappa shape index (κ3) is 2.56. The summed E-state index contributed by atoms with van der Waals surface area (Å²) in [5, 5.41) is 0. The molecule has 1 atom stereocenters. The Morgan fingerprint density at radius 1 is 1.17 bits per heavy atom. The van der Waals surface area contributed by atoms with Crippen molar-refractivity contribution in [2.75, 3.05) is 13.1 Å². The number of carbonyl (C=O) groups excluding carboxylic acids is 1. The Labute approximate surface area is 140 Å². The van der Waals surface area contributed by atoms with Crippen molar-refractivity contribution in [1.29, 1.82) is 0 Å². The predicted molar refractivity (Wildman–Crippen MR) is 91.0 cm³/mol. The number of aryl methyl sites for hydroxylation is 2. The van der Waals surface area contributed by atoms with Gasteiger partial charge >= 0.3 is 0 Å². The smallest absolute Gasteiger partial charge is 0.253 e. The van der Waals surface area contributed by atoms with Crippen LogP contribution >= 0.6 is 0 Å². The van der Waals surface area contributed by atoms with Crippen molar-refractivity contribution >= 4 is 16.9 Å². The van der Waals surface area contributed by atoms with Crippen LogP contribution in [0.2, 0.25) is 0 Å². The van der Waals surface area contributed by atoms with Crippen molar-refractivity contribution in [3.05, 3.63) is 59.3 Å². The summed E-state index contributed by atoms with van der Waals surface area (Å²) in [5.41, 5.74) is 4.07. The Balaban J connectivity index is 1.58.